The third-order valence-electron chi connectivity index (χ3n) is 1.30. The van der Waals surface area contributed by atoms with Gasteiger partial charge in [0.25, 0.3) is 5.56 Å². The minimum absolute atomic E-state index is 0.0643. The lowest BCUT2D eigenvalue weighted by molar-refractivity contribution is -0.142. The zero-order valence-corrected chi connectivity index (χ0v) is 9.18. The van der Waals surface area contributed by atoms with Gasteiger partial charge in [-0.3, -0.25) is 4.79 Å². The predicted molar refractivity (Wildman–Crippen MR) is 49.3 cm³/mol. The summed E-state index contributed by atoms with van der Waals surface area (Å²) < 4.78 is 36.3. The molecule has 14 heavy (non-hydrogen) atoms. The van der Waals surface area contributed by atoms with Crippen molar-refractivity contribution in [1.82, 2.24) is 9.97 Å². The van der Waals surface area contributed by atoms with Gasteiger partial charge in [0.05, 0.1) is 0 Å². The Morgan fingerprint density at radius 2 is 2.07 bits per heavy atom. The number of nitrogens with zero attached hydrogens (tertiary/aromatic N) is 1. The molecule has 1 aromatic heterocycles. The van der Waals surface area contributed by atoms with E-state index in [0.717, 1.165) is 11.8 Å². The molecule has 0 amide bonds. The number of thioether (sulfide) groups is 1. The first-order valence-corrected chi connectivity index (χ1v) is 5.29. The van der Waals surface area contributed by atoms with Crippen LogP contribution in [0.4, 0.5) is 13.2 Å². The third kappa shape index (κ3) is 2.30. The van der Waals surface area contributed by atoms with Crippen molar-refractivity contribution in [2.45, 2.75) is 11.3 Å². The zero-order valence-electron chi connectivity index (χ0n) is 6.78. The molecular formula is C6H4BrF3N2OS. The summed E-state index contributed by atoms with van der Waals surface area (Å²) in [4.78, 5) is 16.5. The maximum atomic E-state index is 12.3. The molecule has 1 heterocycles. The number of hydrogen-bond donors (Lipinski definition) is 1. The average Bonchev–Trinajstić information content (AvgIpc) is 2.07. The molecule has 0 aliphatic carbocycles. The second-order valence-corrected chi connectivity index (χ2v) is 3.82. The molecule has 0 saturated heterocycles. The molecule has 0 atom stereocenters. The summed E-state index contributed by atoms with van der Waals surface area (Å²) in [6.45, 7) is 0. The molecule has 0 aliphatic heterocycles. The van der Waals surface area contributed by atoms with E-state index in [-0.39, 0.29) is 5.16 Å². The van der Waals surface area contributed by atoms with Gasteiger partial charge in [0.15, 0.2) is 10.9 Å². The van der Waals surface area contributed by atoms with Crippen molar-refractivity contribution >= 4 is 27.7 Å². The Balaban J connectivity index is 3.43. The fourth-order valence-corrected chi connectivity index (χ4v) is 1.51. The Morgan fingerprint density at radius 3 is 2.50 bits per heavy atom. The molecule has 78 valence electrons. The van der Waals surface area contributed by atoms with Crippen LogP contribution >= 0.6 is 27.7 Å². The van der Waals surface area contributed by atoms with E-state index in [9.17, 15) is 18.0 Å². The largest absolute Gasteiger partial charge is 0.434 e. The van der Waals surface area contributed by atoms with Gasteiger partial charge in [-0.25, -0.2) is 4.98 Å². The molecule has 0 aliphatic rings. The summed E-state index contributed by atoms with van der Waals surface area (Å²) in [5, 5.41) is -0.0643. The second-order valence-electron chi connectivity index (χ2n) is 2.24. The maximum Gasteiger partial charge on any atom is 0.434 e. The Kier molecular flexibility index (Phi) is 3.25. The van der Waals surface area contributed by atoms with E-state index in [0.29, 0.717) is 0 Å². The van der Waals surface area contributed by atoms with Crippen molar-refractivity contribution < 1.29 is 13.2 Å². The van der Waals surface area contributed by atoms with Gasteiger partial charge in [0.1, 0.15) is 4.47 Å². The molecule has 1 N–H and O–H groups in total. The van der Waals surface area contributed by atoms with Crippen LogP contribution in [0, 0.1) is 0 Å². The van der Waals surface area contributed by atoms with Gasteiger partial charge in [-0.05, 0) is 22.2 Å². The maximum absolute atomic E-state index is 12.3. The highest BCUT2D eigenvalue weighted by Crippen LogP contribution is 2.31. The SMILES string of the molecule is CSc1nc(C(F)(F)F)c(Br)c(=O)[nH]1. The van der Waals surface area contributed by atoms with Crippen LogP contribution in [-0.2, 0) is 6.18 Å². The number of nitrogens with one attached hydrogen (secondary N) is 1. The van der Waals surface area contributed by atoms with Gasteiger partial charge in [-0.1, -0.05) is 11.8 Å². The molecule has 0 aromatic carbocycles. The Bertz CT molecular complexity index is 403. The van der Waals surface area contributed by atoms with E-state index in [4.69, 9.17) is 0 Å². The van der Waals surface area contributed by atoms with E-state index < -0.39 is 21.9 Å². The number of aromatic amines is 1. The molecule has 0 radical (unpaired) electrons. The molecule has 0 saturated carbocycles. The van der Waals surface area contributed by atoms with Crippen LogP contribution in [0.2, 0.25) is 0 Å². The Morgan fingerprint density at radius 1 is 1.50 bits per heavy atom. The van der Waals surface area contributed by atoms with Crippen molar-refractivity contribution in [3.05, 3.63) is 20.5 Å². The lowest BCUT2D eigenvalue weighted by atomic mass is 10.4. The number of hydrogen-bond acceptors (Lipinski definition) is 3. The second kappa shape index (κ2) is 3.93. The molecule has 0 fully saturated rings. The summed E-state index contributed by atoms with van der Waals surface area (Å²) in [5.74, 6) is 0. The lowest BCUT2D eigenvalue weighted by Crippen LogP contribution is -2.19. The van der Waals surface area contributed by atoms with E-state index in [1.807, 2.05) is 0 Å². The number of rotatable bonds is 1. The van der Waals surface area contributed by atoms with E-state index in [1.54, 1.807) is 0 Å². The van der Waals surface area contributed by atoms with Crippen LogP contribution in [-0.4, -0.2) is 16.2 Å². The first-order valence-electron chi connectivity index (χ1n) is 3.27. The zero-order chi connectivity index (χ0) is 10.9. The third-order valence-corrected chi connectivity index (χ3v) is 2.62. The highest BCUT2D eigenvalue weighted by Gasteiger charge is 2.36. The highest BCUT2D eigenvalue weighted by atomic mass is 79.9. The monoisotopic (exact) mass is 288 g/mol. The quantitative estimate of drug-likeness (QED) is 0.637. The van der Waals surface area contributed by atoms with Crippen molar-refractivity contribution in [3.8, 4) is 0 Å². The van der Waals surface area contributed by atoms with Gasteiger partial charge in [0, 0.05) is 0 Å². The summed E-state index contributed by atoms with van der Waals surface area (Å²) in [5.41, 5.74) is -2.04. The van der Waals surface area contributed by atoms with Crippen LogP contribution in [0.15, 0.2) is 14.4 Å². The molecule has 0 spiro atoms. The van der Waals surface area contributed by atoms with Crippen LogP contribution < -0.4 is 5.56 Å². The number of H-pyrrole nitrogens is 1. The topological polar surface area (TPSA) is 45.8 Å². The van der Waals surface area contributed by atoms with E-state index >= 15 is 0 Å². The van der Waals surface area contributed by atoms with Crippen LogP contribution in [0.1, 0.15) is 5.69 Å². The Hall–Kier alpha value is -0.500. The van der Waals surface area contributed by atoms with E-state index in [2.05, 4.69) is 25.9 Å². The van der Waals surface area contributed by atoms with Crippen molar-refractivity contribution in [3.63, 3.8) is 0 Å². The van der Waals surface area contributed by atoms with Crippen molar-refractivity contribution in [2.75, 3.05) is 6.26 Å². The smallest absolute Gasteiger partial charge is 0.300 e. The molecule has 0 bridgehead atoms. The standard InChI is InChI=1S/C6H4BrF3N2OS/c1-14-5-11-3(6(8,9)10)2(7)4(13)12-5/h1H3,(H,11,12,13). The van der Waals surface area contributed by atoms with Crippen LogP contribution in [0.5, 0.6) is 0 Å². The van der Waals surface area contributed by atoms with Gasteiger partial charge in [-0.2, -0.15) is 13.2 Å². The minimum Gasteiger partial charge on any atom is -0.300 e. The first-order chi connectivity index (χ1) is 6.36. The normalized spacial score (nSPS) is 11.8. The number of halogens is 4. The van der Waals surface area contributed by atoms with Crippen LogP contribution in [0.25, 0.3) is 0 Å². The summed E-state index contributed by atoms with van der Waals surface area (Å²) in [7, 11) is 0. The molecule has 1 rings (SSSR count). The predicted octanol–water partition coefficient (Wildman–Crippen LogP) is 2.27. The molecule has 0 unspecified atom stereocenters. The minimum atomic E-state index is -4.63. The molecule has 8 heteroatoms. The first kappa shape index (κ1) is 11.6. The number of aromatic nitrogens is 2. The Labute approximate surface area is 89.2 Å². The van der Waals surface area contributed by atoms with E-state index in [1.165, 1.54) is 6.26 Å². The molecule has 3 nitrogen and oxygen atoms in total. The van der Waals surface area contributed by atoms with Crippen molar-refractivity contribution in [1.29, 1.82) is 0 Å². The van der Waals surface area contributed by atoms with Gasteiger partial charge in [0.2, 0.25) is 0 Å². The molecule has 1 aromatic rings. The van der Waals surface area contributed by atoms with Gasteiger partial charge in [-0.15, -0.1) is 0 Å². The average molecular weight is 289 g/mol. The fraction of sp³-hybridized carbons (Fsp3) is 0.333. The lowest BCUT2D eigenvalue weighted by Gasteiger charge is -2.07. The van der Waals surface area contributed by atoms with Crippen molar-refractivity contribution in [2.24, 2.45) is 0 Å². The van der Waals surface area contributed by atoms with Gasteiger partial charge < -0.3 is 4.98 Å². The van der Waals surface area contributed by atoms with Crippen LogP contribution in [0.3, 0.4) is 0 Å². The van der Waals surface area contributed by atoms with Gasteiger partial charge >= 0.3 is 6.18 Å². The summed E-state index contributed by atoms with van der Waals surface area (Å²) in [6.07, 6.45) is -3.11. The summed E-state index contributed by atoms with van der Waals surface area (Å²) in [6, 6.07) is 0. The summed E-state index contributed by atoms with van der Waals surface area (Å²) >= 11 is 3.48. The number of alkyl halides is 3. The fourth-order valence-electron chi connectivity index (χ4n) is 0.723. The highest BCUT2D eigenvalue weighted by molar-refractivity contribution is 9.10. The molecular weight excluding hydrogens is 285 g/mol.